The second kappa shape index (κ2) is 4.35. The van der Waals surface area contributed by atoms with Crippen molar-refractivity contribution in [2.75, 3.05) is 7.11 Å². The number of ether oxygens (including phenoxy) is 1. The van der Waals surface area contributed by atoms with E-state index in [-0.39, 0.29) is 12.4 Å². The molecule has 0 spiro atoms. The zero-order chi connectivity index (χ0) is 11.5. The number of benzene rings is 1. The Kier molecular flexibility index (Phi) is 2.90. The van der Waals surface area contributed by atoms with Crippen molar-refractivity contribution >= 4 is 17.0 Å². The normalized spacial score (nSPS) is 10.6. The summed E-state index contributed by atoms with van der Waals surface area (Å²) in [5, 5.41) is 0. The first-order valence-electron chi connectivity index (χ1n) is 5.27. The van der Waals surface area contributed by atoms with Crippen LogP contribution in [0.2, 0.25) is 0 Å². The lowest BCUT2D eigenvalue weighted by Gasteiger charge is -1.94. The number of aryl methyl sites for hydroxylation is 1. The number of imidazole rings is 1. The number of aromatic nitrogens is 2. The first-order valence-corrected chi connectivity index (χ1v) is 5.27. The Morgan fingerprint density at radius 1 is 1.50 bits per heavy atom. The lowest BCUT2D eigenvalue weighted by Crippen LogP contribution is -2.05. The third-order valence-electron chi connectivity index (χ3n) is 2.54. The van der Waals surface area contributed by atoms with E-state index in [1.807, 2.05) is 12.1 Å². The van der Waals surface area contributed by atoms with E-state index in [0.717, 1.165) is 17.5 Å². The molecule has 4 heteroatoms. The van der Waals surface area contributed by atoms with Crippen LogP contribution in [-0.2, 0) is 22.4 Å². The minimum absolute atomic E-state index is 0.187. The summed E-state index contributed by atoms with van der Waals surface area (Å²) in [6.45, 7) is 2.10. The monoisotopic (exact) mass is 218 g/mol. The molecule has 2 aromatic rings. The predicted octanol–water partition coefficient (Wildman–Crippen LogP) is 1.84. The Labute approximate surface area is 93.6 Å². The van der Waals surface area contributed by atoms with Crippen molar-refractivity contribution in [3.8, 4) is 0 Å². The fourth-order valence-corrected chi connectivity index (χ4v) is 1.62. The van der Waals surface area contributed by atoms with Crippen molar-refractivity contribution in [1.82, 2.24) is 9.97 Å². The average Bonchev–Trinajstić information content (AvgIpc) is 2.69. The third kappa shape index (κ3) is 2.05. The highest BCUT2D eigenvalue weighted by atomic mass is 16.5. The molecule has 0 atom stereocenters. The van der Waals surface area contributed by atoms with Crippen LogP contribution < -0.4 is 0 Å². The molecular weight excluding hydrogens is 204 g/mol. The second-order valence-electron chi connectivity index (χ2n) is 3.64. The number of hydrogen-bond donors (Lipinski definition) is 1. The van der Waals surface area contributed by atoms with Crippen LogP contribution in [0, 0.1) is 0 Å². The van der Waals surface area contributed by atoms with E-state index >= 15 is 0 Å². The molecule has 1 aromatic carbocycles. The molecule has 4 nitrogen and oxygen atoms in total. The molecule has 16 heavy (non-hydrogen) atoms. The first-order chi connectivity index (χ1) is 7.72. The van der Waals surface area contributed by atoms with Crippen LogP contribution in [0.25, 0.3) is 11.0 Å². The highest BCUT2D eigenvalue weighted by Gasteiger charge is 2.08. The van der Waals surface area contributed by atoms with Crippen LogP contribution in [0.15, 0.2) is 18.2 Å². The van der Waals surface area contributed by atoms with E-state index in [0.29, 0.717) is 5.82 Å². The fraction of sp³-hybridized carbons (Fsp3) is 0.333. The van der Waals surface area contributed by atoms with Gasteiger partial charge >= 0.3 is 5.97 Å². The maximum atomic E-state index is 11.1. The van der Waals surface area contributed by atoms with Gasteiger partial charge in [-0.3, -0.25) is 4.79 Å². The highest BCUT2D eigenvalue weighted by molar-refractivity contribution is 5.78. The zero-order valence-electron chi connectivity index (χ0n) is 9.41. The number of hydrogen-bond acceptors (Lipinski definition) is 3. The molecule has 0 amide bonds. The number of esters is 1. The molecule has 1 heterocycles. The summed E-state index contributed by atoms with van der Waals surface area (Å²) in [6, 6.07) is 6.07. The Morgan fingerprint density at radius 3 is 3.00 bits per heavy atom. The van der Waals surface area contributed by atoms with Gasteiger partial charge in [-0.25, -0.2) is 4.98 Å². The van der Waals surface area contributed by atoms with Gasteiger partial charge in [-0.15, -0.1) is 0 Å². The smallest absolute Gasteiger partial charge is 0.313 e. The molecular formula is C12H14N2O2. The first kappa shape index (κ1) is 10.7. The number of aromatic amines is 1. The van der Waals surface area contributed by atoms with Gasteiger partial charge in [0.05, 0.1) is 18.1 Å². The van der Waals surface area contributed by atoms with E-state index in [4.69, 9.17) is 0 Å². The van der Waals surface area contributed by atoms with Gasteiger partial charge in [0.1, 0.15) is 12.2 Å². The number of rotatable bonds is 3. The Balaban J connectivity index is 2.32. The van der Waals surface area contributed by atoms with E-state index in [9.17, 15) is 4.79 Å². The summed E-state index contributed by atoms with van der Waals surface area (Å²) >= 11 is 0. The molecule has 0 radical (unpaired) electrons. The quantitative estimate of drug-likeness (QED) is 0.800. The summed E-state index contributed by atoms with van der Waals surface area (Å²) < 4.78 is 4.60. The molecule has 1 aromatic heterocycles. The Hall–Kier alpha value is -1.84. The van der Waals surface area contributed by atoms with Gasteiger partial charge < -0.3 is 9.72 Å². The van der Waals surface area contributed by atoms with Gasteiger partial charge in [0.15, 0.2) is 0 Å². The van der Waals surface area contributed by atoms with Crippen molar-refractivity contribution in [2.45, 2.75) is 19.8 Å². The van der Waals surface area contributed by atoms with Crippen LogP contribution >= 0.6 is 0 Å². The van der Waals surface area contributed by atoms with E-state index < -0.39 is 0 Å². The summed E-state index contributed by atoms with van der Waals surface area (Å²) in [5.74, 6) is 0.366. The highest BCUT2D eigenvalue weighted by Crippen LogP contribution is 2.14. The van der Waals surface area contributed by atoms with Gasteiger partial charge in [-0.1, -0.05) is 13.0 Å². The van der Waals surface area contributed by atoms with Crippen molar-refractivity contribution in [2.24, 2.45) is 0 Å². The molecule has 0 saturated carbocycles. The fourth-order valence-electron chi connectivity index (χ4n) is 1.62. The van der Waals surface area contributed by atoms with E-state index in [1.165, 1.54) is 12.7 Å². The SMILES string of the molecule is CCc1ccc2nc(CC(=O)OC)[nH]c2c1. The van der Waals surface area contributed by atoms with Crippen LogP contribution in [0.4, 0.5) is 0 Å². The maximum Gasteiger partial charge on any atom is 0.313 e. The third-order valence-corrected chi connectivity index (χ3v) is 2.54. The number of nitrogens with zero attached hydrogens (tertiary/aromatic N) is 1. The molecule has 0 aliphatic rings. The summed E-state index contributed by atoms with van der Waals surface area (Å²) in [7, 11) is 1.38. The molecule has 0 bridgehead atoms. The van der Waals surface area contributed by atoms with Crippen molar-refractivity contribution in [3.05, 3.63) is 29.6 Å². The van der Waals surface area contributed by atoms with Gasteiger partial charge in [-0.2, -0.15) is 0 Å². The summed E-state index contributed by atoms with van der Waals surface area (Å²) in [4.78, 5) is 18.5. The van der Waals surface area contributed by atoms with Gasteiger partial charge in [-0.05, 0) is 24.1 Å². The van der Waals surface area contributed by atoms with Crippen molar-refractivity contribution in [3.63, 3.8) is 0 Å². The van der Waals surface area contributed by atoms with Crippen molar-refractivity contribution < 1.29 is 9.53 Å². The zero-order valence-corrected chi connectivity index (χ0v) is 9.41. The number of nitrogens with one attached hydrogen (secondary N) is 1. The van der Waals surface area contributed by atoms with E-state index in [1.54, 1.807) is 0 Å². The molecule has 1 N–H and O–H groups in total. The Bertz CT molecular complexity index is 517. The topological polar surface area (TPSA) is 55.0 Å². The minimum Gasteiger partial charge on any atom is -0.469 e. The largest absolute Gasteiger partial charge is 0.469 e. The Morgan fingerprint density at radius 2 is 2.31 bits per heavy atom. The summed E-state index contributed by atoms with van der Waals surface area (Å²) in [5.41, 5.74) is 3.11. The summed E-state index contributed by atoms with van der Waals surface area (Å²) in [6.07, 6.45) is 1.17. The van der Waals surface area contributed by atoms with Crippen LogP contribution in [0.5, 0.6) is 0 Å². The molecule has 84 valence electrons. The minimum atomic E-state index is -0.283. The molecule has 0 unspecified atom stereocenters. The molecule has 0 fully saturated rings. The lowest BCUT2D eigenvalue weighted by atomic mass is 10.1. The van der Waals surface area contributed by atoms with Crippen molar-refractivity contribution in [1.29, 1.82) is 0 Å². The van der Waals surface area contributed by atoms with Gasteiger partial charge in [0.2, 0.25) is 0 Å². The maximum absolute atomic E-state index is 11.1. The van der Waals surface area contributed by atoms with Crippen LogP contribution in [-0.4, -0.2) is 23.0 Å². The molecule has 2 rings (SSSR count). The van der Waals surface area contributed by atoms with E-state index in [2.05, 4.69) is 27.7 Å². The lowest BCUT2D eigenvalue weighted by molar-refractivity contribution is -0.139. The van der Waals surface area contributed by atoms with Gasteiger partial charge in [0, 0.05) is 0 Å². The molecule has 0 saturated heterocycles. The second-order valence-corrected chi connectivity index (χ2v) is 3.64. The number of carbonyl (C=O) groups is 1. The average molecular weight is 218 g/mol. The van der Waals surface area contributed by atoms with Crippen LogP contribution in [0.3, 0.4) is 0 Å². The number of methoxy groups -OCH3 is 1. The number of fused-ring (bicyclic) bond motifs is 1. The number of H-pyrrole nitrogens is 1. The number of carbonyl (C=O) groups excluding carboxylic acids is 1. The van der Waals surface area contributed by atoms with Crippen LogP contribution in [0.1, 0.15) is 18.3 Å². The molecule has 0 aliphatic carbocycles. The molecule has 0 aliphatic heterocycles. The van der Waals surface area contributed by atoms with Gasteiger partial charge in [0.25, 0.3) is 0 Å². The standard InChI is InChI=1S/C12H14N2O2/c1-3-8-4-5-9-10(6-8)14-11(13-9)7-12(15)16-2/h4-6H,3,7H2,1-2H3,(H,13,14). The predicted molar refractivity (Wildman–Crippen MR) is 61.2 cm³/mol.